The van der Waals surface area contributed by atoms with Gasteiger partial charge in [0.25, 0.3) is 0 Å². The Balaban J connectivity index is 2.09. The highest BCUT2D eigenvalue weighted by Crippen LogP contribution is 2.23. The van der Waals surface area contributed by atoms with Crippen LogP contribution >= 0.6 is 0 Å². The van der Waals surface area contributed by atoms with Crippen LogP contribution in [0.1, 0.15) is 42.0 Å². The summed E-state index contributed by atoms with van der Waals surface area (Å²) in [5.74, 6) is 0.164. The predicted octanol–water partition coefficient (Wildman–Crippen LogP) is 2.71. The van der Waals surface area contributed by atoms with Crippen LogP contribution in [0.4, 0.5) is 0 Å². The fourth-order valence-electron chi connectivity index (χ4n) is 1.71. The number of rotatable bonds is 3. The van der Waals surface area contributed by atoms with Crippen molar-refractivity contribution in [3.63, 3.8) is 0 Å². The van der Waals surface area contributed by atoms with E-state index < -0.39 is 0 Å². The molecule has 16 heavy (non-hydrogen) atoms. The van der Waals surface area contributed by atoms with Crippen LogP contribution in [-0.4, -0.2) is 19.0 Å². The van der Waals surface area contributed by atoms with E-state index in [4.69, 9.17) is 9.47 Å². The zero-order chi connectivity index (χ0) is 11.4. The number of carbonyl (C=O) groups excluding carboxylic acids is 1. The topological polar surface area (TPSA) is 35.5 Å². The highest BCUT2D eigenvalue weighted by atomic mass is 16.7. The van der Waals surface area contributed by atoms with Gasteiger partial charge in [0.15, 0.2) is 12.1 Å². The third-order valence-electron chi connectivity index (χ3n) is 2.65. The van der Waals surface area contributed by atoms with E-state index >= 15 is 0 Å². The first kappa shape index (κ1) is 11.3. The number of benzene rings is 1. The number of ether oxygens (including phenoxy) is 2. The van der Waals surface area contributed by atoms with E-state index in [1.54, 1.807) is 0 Å². The molecule has 0 atom stereocenters. The van der Waals surface area contributed by atoms with Crippen LogP contribution in [-0.2, 0) is 9.47 Å². The summed E-state index contributed by atoms with van der Waals surface area (Å²) < 4.78 is 11.0. The van der Waals surface area contributed by atoms with Gasteiger partial charge in [-0.15, -0.1) is 0 Å². The van der Waals surface area contributed by atoms with Crippen molar-refractivity contribution in [3.05, 3.63) is 35.4 Å². The Morgan fingerprint density at radius 1 is 1.25 bits per heavy atom. The number of Topliss-reactive ketones (excluding diaryl/α,β-unsaturated/α-hetero) is 1. The van der Waals surface area contributed by atoms with E-state index in [9.17, 15) is 4.79 Å². The molecule has 1 aromatic rings. The summed E-state index contributed by atoms with van der Waals surface area (Å²) in [5, 5.41) is 0. The maximum absolute atomic E-state index is 11.4. The maximum Gasteiger partial charge on any atom is 0.183 e. The number of hydrogen-bond acceptors (Lipinski definition) is 3. The molecule has 0 saturated carbocycles. The highest BCUT2D eigenvalue weighted by molar-refractivity contribution is 5.95. The van der Waals surface area contributed by atoms with Crippen molar-refractivity contribution in [2.75, 3.05) is 13.2 Å². The zero-order valence-corrected chi connectivity index (χ0v) is 9.44. The largest absolute Gasteiger partial charge is 0.348 e. The lowest BCUT2D eigenvalue weighted by Crippen LogP contribution is -2.17. The second-order valence-corrected chi connectivity index (χ2v) is 3.83. The van der Waals surface area contributed by atoms with E-state index in [-0.39, 0.29) is 12.1 Å². The molecule has 0 bridgehead atoms. The van der Waals surface area contributed by atoms with Crippen molar-refractivity contribution in [2.24, 2.45) is 0 Å². The molecule has 1 fully saturated rings. The summed E-state index contributed by atoms with van der Waals surface area (Å²) in [6.45, 7) is 3.34. The molecular weight excluding hydrogens is 204 g/mol. The predicted molar refractivity (Wildman–Crippen MR) is 60.3 cm³/mol. The first-order valence-electron chi connectivity index (χ1n) is 5.67. The van der Waals surface area contributed by atoms with Crippen molar-refractivity contribution >= 4 is 5.78 Å². The van der Waals surface area contributed by atoms with Gasteiger partial charge in [-0.05, 0) is 6.42 Å². The molecule has 0 aromatic heterocycles. The molecule has 0 radical (unpaired) electrons. The van der Waals surface area contributed by atoms with Gasteiger partial charge in [-0.2, -0.15) is 0 Å². The molecule has 0 spiro atoms. The van der Waals surface area contributed by atoms with Crippen LogP contribution in [0.2, 0.25) is 0 Å². The van der Waals surface area contributed by atoms with Gasteiger partial charge in [0.05, 0.1) is 13.2 Å². The quantitative estimate of drug-likeness (QED) is 0.735. The molecule has 0 N–H and O–H groups in total. The number of ketones is 1. The van der Waals surface area contributed by atoms with Crippen molar-refractivity contribution in [1.29, 1.82) is 0 Å². The normalized spacial score (nSPS) is 17.3. The first-order chi connectivity index (χ1) is 7.81. The lowest BCUT2D eigenvalue weighted by Gasteiger charge is -2.23. The molecule has 0 amide bonds. The van der Waals surface area contributed by atoms with Gasteiger partial charge in [0.1, 0.15) is 0 Å². The SMILES string of the molecule is CCC(=O)c1ccc(C2OCCCO2)cc1. The summed E-state index contributed by atoms with van der Waals surface area (Å²) in [6, 6.07) is 7.47. The van der Waals surface area contributed by atoms with Gasteiger partial charge in [0, 0.05) is 17.5 Å². The lowest BCUT2D eigenvalue weighted by atomic mass is 10.1. The van der Waals surface area contributed by atoms with Crippen LogP contribution in [0, 0.1) is 0 Å². The molecule has 3 heteroatoms. The van der Waals surface area contributed by atoms with Crippen LogP contribution in [0.5, 0.6) is 0 Å². The monoisotopic (exact) mass is 220 g/mol. The third kappa shape index (κ3) is 2.49. The molecule has 0 unspecified atom stereocenters. The molecule has 1 saturated heterocycles. The Morgan fingerprint density at radius 3 is 2.44 bits per heavy atom. The summed E-state index contributed by atoms with van der Waals surface area (Å²) >= 11 is 0. The second-order valence-electron chi connectivity index (χ2n) is 3.83. The summed E-state index contributed by atoms with van der Waals surface area (Å²) in [4.78, 5) is 11.4. The van der Waals surface area contributed by atoms with Gasteiger partial charge in [0.2, 0.25) is 0 Å². The number of carbonyl (C=O) groups is 1. The smallest absolute Gasteiger partial charge is 0.183 e. The maximum atomic E-state index is 11.4. The first-order valence-corrected chi connectivity index (χ1v) is 5.67. The van der Waals surface area contributed by atoms with Crippen LogP contribution < -0.4 is 0 Å². The molecule has 1 aliphatic rings. The standard InChI is InChI=1S/C13H16O3/c1-2-12(14)10-4-6-11(7-5-10)13-15-8-3-9-16-13/h4-7,13H,2-3,8-9H2,1H3. The Hall–Kier alpha value is -1.19. The summed E-state index contributed by atoms with van der Waals surface area (Å²) in [7, 11) is 0. The minimum absolute atomic E-state index is 0.164. The molecule has 1 heterocycles. The van der Waals surface area contributed by atoms with Gasteiger partial charge >= 0.3 is 0 Å². The third-order valence-corrected chi connectivity index (χ3v) is 2.65. The van der Waals surface area contributed by atoms with Crippen molar-refractivity contribution in [1.82, 2.24) is 0 Å². The van der Waals surface area contributed by atoms with Crippen molar-refractivity contribution in [3.8, 4) is 0 Å². The van der Waals surface area contributed by atoms with Gasteiger partial charge in [-0.3, -0.25) is 4.79 Å². The van der Waals surface area contributed by atoms with E-state index in [0.717, 1.165) is 30.8 Å². The average molecular weight is 220 g/mol. The fraction of sp³-hybridized carbons (Fsp3) is 0.462. The second kappa shape index (κ2) is 5.23. The molecule has 2 rings (SSSR count). The average Bonchev–Trinajstić information content (AvgIpc) is 2.39. The van der Waals surface area contributed by atoms with Gasteiger partial charge < -0.3 is 9.47 Å². The Morgan fingerprint density at radius 2 is 1.88 bits per heavy atom. The van der Waals surface area contributed by atoms with E-state index in [1.165, 1.54) is 0 Å². The number of hydrogen-bond donors (Lipinski definition) is 0. The van der Waals surface area contributed by atoms with Crippen molar-refractivity contribution < 1.29 is 14.3 Å². The van der Waals surface area contributed by atoms with Crippen molar-refractivity contribution in [2.45, 2.75) is 26.1 Å². The van der Waals surface area contributed by atoms with E-state index in [1.807, 2.05) is 31.2 Å². The lowest BCUT2D eigenvalue weighted by molar-refractivity contribution is -0.183. The Kier molecular flexibility index (Phi) is 3.70. The molecule has 86 valence electrons. The highest BCUT2D eigenvalue weighted by Gasteiger charge is 2.16. The molecule has 3 nitrogen and oxygen atoms in total. The molecule has 0 aliphatic carbocycles. The minimum Gasteiger partial charge on any atom is -0.348 e. The van der Waals surface area contributed by atoms with Crippen LogP contribution in [0.3, 0.4) is 0 Å². The molecule has 1 aliphatic heterocycles. The van der Waals surface area contributed by atoms with Crippen LogP contribution in [0.25, 0.3) is 0 Å². The van der Waals surface area contributed by atoms with E-state index in [0.29, 0.717) is 6.42 Å². The Bertz CT molecular complexity index is 350. The zero-order valence-electron chi connectivity index (χ0n) is 9.44. The molecule has 1 aromatic carbocycles. The molecular formula is C13H16O3. The van der Waals surface area contributed by atoms with Gasteiger partial charge in [-0.25, -0.2) is 0 Å². The summed E-state index contributed by atoms with van der Waals surface area (Å²) in [6.07, 6.45) is 1.22. The Labute approximate surface area is 95.4 Å². The van der Waals surface area contributed by atoms with Gasteiger partial charge in [-0.1, -0.05) is 31.2 Å². The van der Waals surface area contributed by atoms with Crippen LogP contribution in [0.15, 0.2) is 24.3 Å². The minimum atomic E-state index is -0.264. The summed E-state index contributed by atoms with van der Waals surface area (Å²) in [5.41, 5.74) is 1.73. The van der Waals surface area contributed by atoms with E-state index in [2.05, 4.69) is 0 Å². The fourth-order valence-corrected chi connectivity index (χ4v) is 1.71.